The Kier molecular flexibility index (Phi) is 3.82. The zero-order valence-electron chi connectivity index (χ0n) is 14.7. The predicted octanol–water partition coefficient (Wildman–Crippen LogP) is 0.537. The van der Waals surface area contributed by atoms with E-state index in [1.54, 1.807) is 0 Å². The van der Waals surface area contributed by atoms with Gasteiger partial charge in [0, 0.05) is 57.5 Å². The van der Waals surface area contributed by atoms with Crippen molar-refractivity contribution in [3.8, 4) is 0 Å². The van der Waals surface area contributed by atoms with Gasteiger partial charge in [0.1, 0.15) is 0 Å². The van der Waals surface area contributed by atoms with Gasteiger partial charge in [-0.1, -0.05) is 5.16 Å². The molecule has 0 aromatic carbocycles. The summed E-state index contributed by atoms with van der Waals surface area (Å²) in [5, 5.41) is 11.0. The number of likely N-dealkylation sites (tertiary alicyclic amines) is 1. The van der Waals surface area contributed by atoms with Crippen molar-refractivity contribution in [1.29, 1.82) is 0 Å². The molecule has 3 aliphatic heterocycles. The maximum absolute atomic E-state index is 13.2. The Hall–Kier alpha value is -1.47. The largest absolute Gasteiger partial charge is 0.342 e. The van der Waals surface area contributed by atoms with Crippen LogP contribution >= 0.6 is 0 Å². The van der Waals surface area contributed by atoms with Crippen molar-refractivity contribution in [2.75, 3.05) is 39.3 Å². The zero-order valence-corrected chi connectivity index (χ0v) is 14.7. The van der Waals surface area contributed by atoms with Gasteiger partial charge in [-0.2, -0.15) is 4.98 Å². The van der Waals surface area contributed by atoms with Gasteiger partial charge in [0.05, 0.1) is 5.41 Å². The summed E-state index contributed by atoms with van der Waals surface area (Å²) in [4.78, 5) is 19.8. The molecule has 1 aromatic heterocycles. The van der Waals surface area contributed by atoms with Gasteiger partial charge in [0.2, 0.25) is 11.8 Å². The molecular weight excluding hydrogens is 318 g/mol. The summed E-state index contributed by atoms with van der Waals surface area (Å²) >= 11 is 0. The van der Waals surface area contributed by atoms with Crippen molar-refractivity contribution in [3.05, 3.63) is 11.7 Å². The topological polar surface area (TPSA) is 83.3 Å². The van der Waals surface area contributed by atoms with Crippen LogP contribution in [0.1, 0.15) is 43.3 Å². The summed E-state index contributed by atoms with van der Waals surface area (Å²) in [6.45, 7) is 5.33. The Morgan fingerprint density at radius 3 is 2.56 bits per heavy atom. The highest BCUT2D eigenvalue weighted by molar-refractivity contribution is 5.84. The molecule has 0 spiro atoms. The number of fused-ring (bicyclic) bond motifs is 1. The number of nitrogens with one attached hydrogen (secondary N) is 2. The molecule has 4 aliphatic rings. The first kappa shape index (κ1) is 15.8. The second-order valence-electron chi connectivity index (χ2n) is 8.38. The molecule has 136 valence electrons. The summed E-state index contributed by atoms with van der Waals surface area (Å²) in [6, 6.07) is 0. The molecule has 5 rings (SSSR count). The van der Waals surface area contributed by atoms with Crippen LogP contribution in [-0.4, -0.2) is 60.2 Å². The van der Waals surface area contributed by atoms with Crippen molar-refractivity contribution < 1.29 is 9.32 Å². The van der Waals surface area contributed by atoms with Gasteiger partial charge in [-0.25, -0.2) is 0 Å². The molecule has 7 nitrogen and oxygen atoms in total. The van der Waals surface area contributed by atoms with Gasteiger partial charge in [-0.15, -0.1) is 0 Å². The molecule has 7 heteroatoms. The van der Waals surface area contributed by atoms with E-state index in [1.165, 1.54) is 12.8 Å². The van der Waals surface area contributed by atoms with Crippen molar-refractivity contribution >= 4 is 5.91 Å². The minimum Gasteiger partial charge on any atom is -0.342 e. The maximum atomic E-state index is 13.2. The number of carbonyl (C=O) groups excluding carboxylic acids is 1. The average Bonchev–Trinajstić information content (AvgIpc) is 3.04. The fraction of sp³-hybridized carbons (Fsp3) is 0.833. The lowest BCUT2D eigenvalue weighted by molar-refractivity contribution is -0.143. The van der Waals surface area contributed by atoms with E-state index in [1.807, 2.05) is 0 Å². The highest BCUT2D eigenvalue weighted by Crippen LogP contribution is 2.39. The van der Waals surface area contributed by atoms with Gasteiger partial charge >= 0.3 is 0 Å². The average molecular weight is 345 g/mol. The fourth-order valence-electron chi connectivity index (χ4n) is 4.84. The maximum Gasteiger partial charge on any atom is 0.231 e. The van der Waals surface area contributed by atoms with Crippen molar-refractivity contribution in [2.24, 2.45) is 17.3 Å². The Morgan fingerprint density at radius 2 is 1.88 bits per heavy atom. The van der Waals surface area contributed by atoms with E-state index in [-0.39, 0.29) is 5.41 Å². The predicted molar refractivity (Wildman–Crippen MR) is 90.9 cm³/mol. The van der Waals surface area contributed by atoms with Gasteiger partial charge in [-0.05, 0) is 31.6 Å². The third kappa shape index (κ3) is 2.77. The molecule has 25 heavy (non-hydrogen) atoms. The van der Waals surface area contributed by atoms with Crippen LogP contribution in [0.4, 0.5) is 0 Å². The summed E-state index contributed by atoms with van der Waals surface area (Å²) in [6.07, 6.45) is 5.35. The van der Waals surface area contributed by atoms with Crippen LogP contribution in [0, 0.1) is 17.3 Å². The lowest BCUT2D eigenvalue weighted by Crippen LogP contribution is -2.51. The fourth-order valence-corrected chi connectivity index (χ4v) is 4.84. The molecule has 1 amide bonds. The second-order valence-corrected chi connectivity index (χ2v) is 8.38. The zero-order chi connectivity index (χ0) is 16.9. The van der Waals surface area contributed by atoms with Crippen molar-refractivity contribution in [3.63, 3.8) is 0 Å². The number of nitrogens with zero attached hydrogens (tertiary/aromatic N) is 3. The summed E-state index contributed by atoms with van der Waals surface area (Å²) in [5.41, 5.74) is -0.195. The summed E-state index contributed by atoms with van der Waals surface area (Å²) < 4.78 is 5.36. The van der Waals surface area contributed by atoms with Gasteiger partial charge in [0.25, 0.3) is 0 Å². The van der Waals surface area contributed by atoms with Crippen LogP contribution in [-0.2, 0) is 11.2 Å². The van der Waals surface area contributed by atoms with Crippen molar-refractivity contribution in [1.82, 2.24) is 25.7 Å². The van der Waals surface area contributed by atoms with E-state index in [0.717, 1.165) is 70.2 Å². The molecule has 0 atom stereocenters. The van der Waals surface area contributed by atoms with E-state index in [2.05, 4.69) is 25.7 Å². The van der Waals surface area contributed by atoms with Crippen LogP contribution < -0.4 is 10.6 Å². The molecule has 0 unspecified atom stereocenters. The first-order valence-electron chi connectivity index (χ1n) is 9.78. The van der Waals surface area contributed by atoms with Crippen LogP contribution in [0.2, 0.25) is 0 Å². The molecular formula is C18H27N5O2. The number of aromatic nitrogens is 2. The first-order chi connectivity index (χ1) is 12.2. The minimum atomic E-state index is -0.195. The molecule has 1 aliphatic carbocycles. The molecule has 0 radical (unpaired) electrons. The number of carbonyl (C=O) groups is 1. The molecule has 2 N–H and O–H groups in total. The number of rotatable bonds is 4. The highest BCUT2D eigenvalue weighted by Gasteiger charge is 2.53. The second kappa shape index (κ2) is 6.06. The molecule has 1 aromatic rings. The smallest absolute Gasteiger partial charge is 0.231 e. The highest BCUT2D eigenvalue weighted by atomic mass is 16.5. The third-order valence-corrected chi connectivity index (χ3v) is 6.65. The Morgan fingerprint density at radius 1 is 1.16 bits per heavy atom. The van der Waals surface area contributed by atoms with Gasteiger partial charge in [0.15, 0.2) is 5.82 Å². The monoisotopic (exact) mass is 345 g/mol. The summed E-state index contributed by atoms with van der Waals surface area (Å²) in [7, 11) is 0. The minimum absolute atomic E-state index is 0.195. The number of amides is 1. The Labute approximate surface area is 147 Å². The molecule has 1 saturated carbocycles. The standard InChI is InChI=1S/C18H27N5O2/c24-17(18-10-19-8-14(18)9-20-11-18)23-5-3-12(4-6-23)7-15-21-16(25-22-15)13-1-2-13/h12-14,19-20H,1-11H2. The van der Waals surface area contributed by atoms with Crippen molar-refractivity contribution in [2.45, 2.75) is 38.0 Å². The molecule has 3 saturated heterocycles. The molecule has 4 fully saturated rings. The van der Waals surface area contributed by atoms with E-state index >= 15 is 0 Å². The quantitative estimate of drug-likeness (QED) is 0.829. The van der Waals surface area contributed by atoms with Crippen LogP contribution in [0.3, 0.4) is 0 Å². The number of hydrogen-bond acceptors (Lipinski definition) is 6. The van der Waals surface area contributed by atoms with Crippen LogP contribution in [0.15, 0.2) is 4.52 Å². The normalized spacial score (nSPS) is 33.0. The summed E-state index contributed by atoms with van der Waals surface area (Å²) in [5.74, 6) is 3.58. The number of hydrogen-bond donors (Lipinski definition) is 2. The van der Waals surface area contributed by atoms with E-state index in [0.29, 0.717) is 23.7 Å². The molecule has 4 heterocycles. The molecule has 0 bridgehead atoms. The number of piperidine rings is 1. The lowest BCUT2D eigenvalue weighted by Gasteiger charge is -2.38. The first-order valence-corrected chi connectivity index (χ1v) is 9.78. The van der Waals surface area contributed by atoms with Gasteiger partial charge < -0.3 is 20.1 Å². The third-order valence-electron chi connectivity index (χ3n) is 6.65. The SMILES string of the molecule is O=C(N1CCC(Cc2noc(C3CC3)n2)CC1)C12CNCC1CNC2. The van der Waals surface area contributed by atoms with Crippen LogP contribution in [0.5, 0.6) is 0 Å². The Balaban J connectivity index is 1.17. The van der Waals surface area contributed by atoms with E-state index < -0.39 is 0 Å². The lowest BCUT2D eigenvalue weighted by atomic mass is 9.79. The van der Waals surface area contributed by atoms with Crippen LogP contribution in [0.25, 0.3) is 0 Å². The Bertz CT molecular complexity index is 638. The van der Waals surface area contributed by atoms with E-state index in [4.69, 9.17) is 4.52 Å². The van der Waals surface area contributed by atoms with E-state index in [9.17, 15) is 4.79 Å². The van der Waals surface area contributed by atoms with Gasteiger partial charge in [-0.3, -0.25) is 4.79 Å².